The highest BCUT2D eigenvalue weighted by atomic mass is 16.7. The lowest BCUT2D eigenvalue weighted by molar-refractivity contribution is -0.155. The molecule has 1 aliphatic heterocycles. The summed E-state index contributed by atoms with van der Waals surface area (Å²) in [6, 6.07) is 19.8. The normalized spacial score (nSPS) is 20.9. The first-order valence-electron chi connectivity index (χ1n) is 7.90. The van der Waals surface area contributed by atoms with Gasteiger partial charge in [0.05, 0.1) is 12.3 Å². The lowest BCUT2D eigenvalue weighted by Crippen LogP contribution is -2.34. The Kier molecular flexibility index (Phi) is 4.58. The predicted molar refractivity (Wildman–Crippen MR) is 91.1 cm³/mol. The Labute approximate surface area is 137 Å². The summed E-state index contributed by atoms with van der Waals surface area (Å²) in [5.41, 5.74) is 4.35. The van der Waals surface area contributed by atoms with Crippen LogP contribution in [0.2, 0.25) is 0 Å². The third-order valence-electron chi connectivity index (χ3n) is 4.46. The lowest BCUT2D eigenvalue weighted by Gasteiger charge is -2.27. The van der Waals surface area contributed by atoms with Gasteiger partial charge in [-0.3, -0.25) is 4.84 Å². The molecule has 2 unspecified atom stereocenters. The average molecular weight is 307 g/mol. The molecule has 0 aromatic heterocycles. The number of benzene rings is 2. The van der Waals surface area contributed by atoms with Gasteiger partial charge in [0.1, 0.15) is 12.3 Å². The van der Waals surface area contributed by atoms with Crippen LogP contribution in [-0.4, -0.2) is 17.4 Å². The smallest absolute Gasteiger partial charge is 0.145 e. The molecule has 0 radical (unpaired) electrons. The zero-order chi connectivity index (χ0) is 16.2. The maximum atomic E-state index is 11.6. The molecule has 0 saturated heterocycles. The van der Waals surface area contributed by atoms with Gasteiger partial charge in [0.25, 0.3) is 0 Å². The van der Waals surface area contributed by atoms with Crippen LogP contribution in [0.25, 0.3) is 5.70 Å². The second kappa shape index (κ2) is 6.80. The van der Waals surface area contributed by atoms with Crippen molar-refractivity contribution in [3.05, 3.63) is 77.4 Å². The van der Waals surface area contributed by atoms with Gasteiger partial charge in [-0.1, -0.05) is 67.6 Å². The van der Waals surface area contributed by atoms with Crippen LogP contribution in [0.15, 0.2) is 66.2 Å². The Hall–Kier alpha value is -2.39. The van der Waals surface area contributed by atoms with E-state index in [9.17, 15) is 4.79 Å². The second-order valence-corrected chi connectivity index (χ2v) is 5.90. The molecular formula is C20H21NO2. The summed E-state index contributed by atoms with van der Waals surface area (Å²) in [5, 5.41) is 1.79. The van der Waals surface area contributed by atoms with Gasteiger partial charge in [-0.05, 0) is 18.1 Å². The van der Waals surface area contributed by atoms with E-state index in [1.54, 1.807) is 5.06 Å². The van der Waals surface area contributed by atoms with Crippen molar-refractivity contribution < 1.29 is 9.63 Å². The van der Waals surface area contributed by atoms with Gasteiger partial charge in [-0.2, -0.15) is 0 Å². The van der Waals surface area contributed by atoms with Crippen LogP contribution in [0, 0.1) is 5.92 Å². The van der Waals surface area contributed by atoms with Crippen LogP contribution >= 0.6 is 0 Å². The number of rotatable bonds is 5. The minimum absolute atomic E-state index is 0.137. The highest BCUT2D eigenvalue weighted by molar-refractivity contribution is 5.75. The zero-order valence-electron chi connectivity index (χ0n) is 13.5. The summed E-state index contributed by atoms with van der Waals surface area (Å²) in [6.45, 7) is 4.60. The highest BCUT2D eigenvalue weighted by Crippen LogP contribution is 2.39. The number of nitrogens with zero attached hydrogens (tertiary/aromatic N) is 1. The molecule has 0 bridgehead atoms. The summed E-state index contributed by atoms with van der Waals surface area (Å²) in [7, 11) is 0. The van der Waals surface area contributed by atoms with Crippen LogP contribution in [0.3, 0.4) is 0 Å². The Bertz CT molecular complexity index is 694. The van der Waals surface area contributed by atoms with Crippen molar-refractivity contribution in [3.8, 4) is 0 Å². The van der Waals surface area contributed by atoms with Gasteiger partial charge in [-0.25, -0.2) is 5.06 Å². The van der Waals surface area contributed by atoms with E-state index >= 15 is 0 Å². The van der Waals surface area contributed by atoms with E-state index in [1.165, 1.54) is 5.57 Å². The molecule has 2 aromatic carbocycles. The van der Waals surface area contributed by atoms with Crippen molar-refractivity contribution in [1.82, 2.24) is 5.06 Å². The molecule has 1 heterocycles. The van der Waals surface area contributed by atoms with Crippen molar-refractivity contribution in [2.24, 2.45) is 5.92 Å². The number of hydrogen-bond donors (Lipinski definition) is 0. The van der Waals surface area contributed by atoms with E-state index in [0.29, 0.717) is 6.61 Å². The van der Waals surface area contributed by atoms with Gasteiger partial charge in [-0.15, -0.1) is 0 Å². The maximum absolute atomic E-state index is 11.6. The molecule has 3 nitrogen and oxygen atoms in total. The van der Waals surface area contributed by atoms with E-state index in [2.05, 4.69) is 26.0 Å². The lowest BCUT2D eigenvalue weighted by atomic mass is 9.97. The molecule has 2 atom stereocenters. The van der Waals surface area contributed by atoms with E-state index in [4.69, 9.17) is 4.84 Å². The quantitative estimate of drug-likeness (QED) is 0.780. The van der Waals surface area contributed by atoms with E-state index in [-0.39, 0.29) is 12.0 Å². The SMILES string of the molecule is CC1=C(c2ccccc2)N(OCc2ccccc2)C(C=O)C1C. The van der Waals surface area contributed by atoms with Crippen LogP contribution in [0.1, 0.15) is 25.0 Å². The Morgan fingerprint density at radius 3 is 2.26 bits per heavy atom. The molecule has 0 saturated carbocycles. The van der Waals surface area contributed by atoms with Crippen LogP contribution in [-0.2, 0) is 16.2 Å². The fraction of sp³-hybridized carbons (Fsp3) is 0.250. The Morgan fingerprint density at radius 2 is 1.65 bits per heavy atom. The summed E-state index contributed by atoms with van der Waals surface area (Å²) >= 11 is 0. The number of carbonyl (C=O) groups is 1. The first kappa shape index (κ1) is 15.5. The fourth-order valence-electron chi connectivity index (χ4n) is 2.99. The minimum Gasteiger partial charge on any atom is -0.301 e. The van der Waals surface area contributed by atoms with Crippen LogP contribution in [0.5, 0.6) is 0 Å². The van der Waals surface area contributed by atoms with E-state index < -0.39 is 0 Å². The zero-order valence-corrected chi connectivity index (χ0v) is 13.5. The standard InChI is InChI=1S/C20H21NO2/c1-15-16(2)20(18-11-7-4-8-12-18)21(19(15)13-22)23-14-17-9-5-3-6-10-17/h3-13,15,19H,14H2,1-2H3. The minimum atomic E-state index is -0.283. The molecule has 2 aromatic rings. The molecule has 0 aliphatic carbocycles. The maximum Gasteiger partial charge on any atom is 0.145 e. The van der Waals surface area contributed by atoms with Gasteiger partial charge in [0.2, 0.25) is 0 Å². The molecule has 0 N–H and O–H groups in total. The van der Waals surface area contributed by atoms with Gasteiger partial charge in [0.15, 0.2) is 0 Å². The summed E-state index contributed by atoms with van der Waals surface area (Å²) in [6.07, 6.45) is 0.981. The summed E-state index contributed by atoms with van der Waals surface area (Å²) < 4.78 is 0. The predicted octanol–water partition coefficient (Wildman–Crippen LogP) is 4.07. The van der Waals surface area contributed by atoms with E-state index in [1.807, 2.05) is 48.5 Å². The third-order valence-corrected chi connectivity index (χ3v) is 4.46. The molecule has 0 amide bonds. The number of carbonyl (C=O) groups excluding carboxylic acids is 1. The molecular weight excluding hydrogens is 286 g/mol. The van der Waals surface area contributed by atoms with Gasteiger partial charge in [0, 0.05) is 11.5 Å². The summed E-state index contributed by atoms with van der Waals surface area (Å²) in [5.74, 6) is 0.137. The molecule has 118 valence electrons. The van der Waals surface area contributed by atoms with Crippen molar-refractivity contribution in [1.29, 1.82) is 0 Å². The molecule has 0 fully saturated rings. The first-order chi connectivity index (χ1) is 11.2. The number of hydroxylamine groups is 2. The highest BCUT2D eigenvalue weighted by Gasteiger charge is 2.37. The average Bonchev–Trinajstić information content (AvgIpc) is 2.85. The molecule has 23 heavy (non-hydrogen) atoms. The largest absolute Gasteiger partial charge is 0.301 e. The number of aldehydes is 1. The molecule has 0 spiro atoms. The molecule has 1 aliphatic rings. The monoisotopic (exact) mass is 307 g/mol. The Morgan fingerprint density at radius 1 is 1.04 bits per heavy atom. The topological polar surface area (TPSA) is 29.5 Å². The third kappa shape index (κ3) is 3.06. The van der Waals surface area contributed by atoms with Gasteiger partial charge >= 0.3 is 0 Å². The van der Waals surface area contributed by atoms with E-state index in [0.717, 1.165) is 23.1 Å². The summed E-state index contributed by atoms with van der Waals surface area (Å²) in [4.78, 5) is 17.7. The first-order valence-corrected chi connectivity index (χ1v) is 7.90. The molecule has 3 rings (SSSR count). The van der Waals surface area contributed by atoms with Gasteiger partial charge < -0.3 is 4.79 Å². The van der Waals surface area contributed by atoms with Crippen molar-refractivity contribution in [3.63, 3.8) is 0 Å². The van der Waals surface area contributed by atoms with Crippen molar-refractivity contribution in [2.75, 3.05) is 0 Å². The molecule has 3 heteroatoms. The fourth-order valence-corrected chi connectivity index (χ4v) is 2.99. The van der Waals surface area contributed by atoms with Crippen molar-refractivity contribution in [2.45, 2.75) is 26.5 Å². The van der Waals surface area contributed by atoms with Crippen LogP contribution in [0.4, 0.5) is 0 Å². The number of hydrogen-bond acceptors (Lipinski definition) is 3. The second-order valence-electron chi connectivity index (χ2n) is 5.90. The Balaban J connectivity index is 1.89. The van der Waals surface area contributed by atoms with Crippen molar-refractivity contribution >= 4 is 12.0 Å². The van der Waals surface area contributed by atoms with Crippen LogP contribution < -0.4 is 0 Å².